The molecule has 0 aliphatic heterocycles. The van der Waals surface area contributed by atoms with Gasteiger partial charge < -0.3 is 10.2 Å². The molecule has 0 aliphatic carbocycles. The molecule has 1 aromatic carbocycles. The molecular formula is C14H14BrN3O. The quantitative estimate of drug-likeness (QED) is 0.788. The Morgan fingerprint density at radius 1 is 1.42 bits per heavy atom. The number of nitrogens with zero attached hydrogens (tertiary/aromatic N) is 2. The first kappa shape index (κ1) is 12.4. The smallest absolute Gasteiger partial charge is 0.135 e. The normalized spacial score (nSPS) is 13.1. The summed E-state index contributed by atoms with van der Waals surface area (Å²) in [4.78, 5) is 0. The van der Waals surface area contributed by atoms with Crippen molar-refractivity contribution in [1.29, 1.82) is 0 Å². The van der Waals surface area contributed by atoms with Gasteiger partial charge in [-0.25, -0.2) is 0 Å². The molecule has 3 rings (SSSR count). The Labute approximate surface area is 119 Å². The van der Waals surface area contributed by atoms with E-state index in [1.807, 2.05) is 38.4 Å². The van der Waals surface area contributed by atoms with Crippen LogP contribution in [0.2, 0.25) is 0 Å². The molecule has 19 heavy (non-hydrogen) atoms. The molecule has 1 unspecified atom stereocenters. The van der Waals surface area contributed by atoms with Crippen LogP contribution < -0.4 is 5.73 Å². The van der Waals surface area contributed by atoms with Gasteiger partial charge in [-0.3, -0.25) is 4.68 Å². The lowest BCUT2D eigenvalue weighted by molar-refractivity contribution is 0.521. The largest absolute Gasteiger partial charge is 0.459 e. The van der Waals surface area contributed by atoms with E-state index >= 15 is 0 Å². The van der Waals surface area contributed by atoms with Crippen molar-refractivity contribution in [2.45, 2.75) is 13.0 Å². The van der Waals surface area contributed by atoms with E-state index in [2.05, 4.69) is 21.0 Å². The average molecular weight is 320 g/mol. The van der Waals surface area contributed by atoms with Gasteiger partial charge in [-0.2, -0.15) is 5.10 Å². The first-order valence-electron chi connectivity index (χ1n) is 5.99. The molecule has 0 radical (unpaired) electrons. The maximum atomic E-state index is 6.27. The lowest BCUT2D eigenvalue weighted by Gasteiger charge is -2.06. The Hall–Kier alpha value is -1.59. The second-order valence-corrected chi connectivity index (χ2v) is 5.57. The van der Waals surface area contributed by atoms with Crippen LogP contribution in [-0.2, 0) is 7.05 Å². The number of benzene rings is 1. The van der Waals surface area contributed by atoms with Crippen molar-refractivity contribution in [1.82, 2.24) is 9.78 Å². The summed E-state index contributed by atoms with van der Waals surface area (Å²) < 4.78 is 8.65. The molecule has 2 N–H and O–H groups in total. The van der Waals surface area contributed by atoms with Crippen LogP contribution in [0.4, 0.5) is 0 Å². The van der Waals surface area contributed by atoms with Gasteiger partial charge >= 0.3 is 0 Å². The van der Waals surface area contributed by atoms with Crippen LogP contribution in [0.3, 0.4) is 0 Å². The van der Waals surface area contributed by atoms with Crippen molar-refractivity contribution in [3.05, 3.63) is 52.0 Å². The van der Waals surface area contributed by atoms with Crippen molar-refractivity contribution in [2.75, 3.05) is 0 Å². The van der Waals surface area contributed by atoms with Crippen molar-refractivity contribution in [3.8, 4) is 0 Å². The van der Waals surface area contributed by atoms with Crippen LogP contribution in [0.5, 0.6) is 0 Å². The Balaban J connectivity index is 2.12. The number of rotatable bonds is 2. The number of nitrogens with two attached hydrogens (primary N) is 1. The fourth-order valence-electron chi connectivity index (χ4n) is 2.27. The van der Waals surface area contributed by atoms with Gasteiger partial charge in [-0.05, 0) is 25.1 Å². The molecule has 98 valence electrons. The van der Waals surface area contributed by atoms with Crippen molar-refractivity contribution in [2.24, 2.45) is 12.8 Å². The van der Waals surface area contributed by atoms with E-state index in [0.717, 1.165) is 32.3 Å². The summed E-state index contributed by atoms with van der Waals surface area (Å²) in [5.41, 5.74) is 9.15. The van der Waals surface area contributed by atoms with Crippen LogP contribution >= 0.6 is 15.9 Å². The predicted octanol–water partition coefficient (Wildman–Crippen LogP) is 3.29. The lowest BCUT2D eigenvalue weighted by Crippen LogP contribution is -2.11. The van der Waals surface area contributed by atoms with Gasteiger partial charge in [0.2, 0.25) is 0 Å². The molecule has 1 atom stereocenters. The number of aromatic nitrogens is 2. The second kappa shape index (κ2) is 4.51. The minimum absolute atomic E-state index is 0.292. The minimum Gasteiger partial charge on any atom is -0.459 e. The van der Waals surface area contributed by atoms with Gasteiger partial charge in [0, 0.05) is 34.2 Å². The molecule has 0 amide bonds. The Morgan fingerprint density at radius 2 is 2.21 bits per heavy atom. The number of fused-ring (bicyclic) bond motifs is 1. The van der Waals surface area contributed by atoms with E-state index < -0.39 is 0 Å². The highest BCUT2D eigenvalue weighted by Crippen LogP contribution is 2.32. The predicted molar refractivity (Wildman–Crippen MR) is 77.9 cm³/mol. The Morgan fingerprint density at radius 3 is 2.89 bits per heavy atom. The highest BCUT2D eigenvalue weighted by atomic mass is 79.9. The average Bonchev–Trinajstić information content (AvgIpc) is 2.93. The van der Waals surface area contributed by atoms with E-state index in [1.54, 1.807) is 10.9 Å². The standard InChI is InChI=1S/C14H14BrN3O/c1-8-11-4-3-10(15)5-12(11)19-14(8)13(16)9-6-17-18(2)7-9/h3-7,13H,16H2,1-2H3. The topological polar surface area (TPSA) is 57.0 Å². The third-order valence-corrected chi connectivity index (χ3v) is 3.80. The van der Waals surface area contributed by atoms with Gasteiger partial charge in [-0.1, -0.05) is 15.9 Å². The number of halogens is 1. The van der Waals surface area contributed by atoms with E-state index in [9.17, 15) is 0 Å². The van der Waals surface area contributed by atoms with Crippen LogP contribution in [-0.4, -0.2) is 9.78 Å². The van der Waals surface area contributed by atoms with Crippen LogP contribution in [0.1, 0.15) is 22.9 Å². The maximum absolute atomic E-state index is 6.27. The van der Waals surface area contributed by atoms with Crippen molar-refractivity contribution < 1.29 is 4.42 Å². The second-order valence-electron chi connectivity index (χ2n) is 4.66. The molecule has 4 nitrogen and oxygen atoms in total. The molecule has 0 spiro atoms. The molecule has 0 bridgehead atoms. The summed E-state index contributed by atoms with van der Waals surface area (Å²) in [5.74, 6) is 0.793. The van der Waals surface area contributed by atoms with E-state index in [1.165, 1.54) is 0 Å². The van der Waals surface area contributed by atoms with E-state index in [0.29, 0.717) is 0 Å². The van der Waals surface area contributed by atoms with Gasteiger partial charge in [0.25, 0.3) is 0 Å². The third-order valence-electron chi connectivity index (χ3n) is 3.30. The monoisotopic (exact) mass is 319 g/mol. The zero-order valence-electron chi connectivity index (χ0n) is 10.7. The Bertz CT molecular complexity index is 744. The van der Waals surface area contributed by atoms with Gasteiger partial charge in [-0.15, -0.1) is 0 Å². The molecule has 2 heterocycles. The zero-order valence-corrected chi connectivity index (χ0v) is 12.3. The van der Waals surface area contributed by atoms with Gasteiger partial charge in [0.1, 0.15) is 11.3 Å². The summed E-state index contributed by atoms with van der Waals surface area (Å²) in [7, 11) is 1.87. The maximum Gasteiger partial charge on any atom is 0.135 e. The molecule has 0 aliphatic rings. The van der Waals surface area contributed by atoms with Crippen molar-refractivity contribution >= 4 is 26.9 Å². The fourth-order valence-corrected chi connectivity index (χ4v) is 2.61. The highest BCUT2D eigenvalue weighted by molar-refractivity contribution is 9.10. The summed E-state index contributed by atoms with van der Waals surface area (Å²) in [6.45, 7) is 2.03. The van der Waals surface area contributed by atoms with Crippen LogP contribution in [0.25, 0.3) is 11.0 Å². The summed E-state index contributed by atoms with van der Waals surface area (Å²) in [6, 6.07) is 5.71. The van der Waals surface area contributed by atoms with E-state index in [4.69, 9.17) is 10.2 Å². The number of hydrogen-bond donors (Lipinski definition) is 1. The SMILES string of the molecule is Cc1c(C(N)c2cnn(C)c2)oc2cc(Br)ccc12. The molecule has 0 saturated carbocycles. The minimum atomic E-state index is -0.292. The molecule has 0 saturated heterocycles. The van der Waals surface area contributed by atoms with Crippen LogP contribution in [0.15, 0.2) is 39.5 Å². The molecular weight excluding hydrogens is 306 g/mol. The summed E-state index contributed by atoms with van der Waals surface area (Å²) in [6.07, 6.45) is 3.68. The molecule has 3 aromatic rings. The summed E-state index contributed by atoms with van der Waals surface area (Å²) >= 11 is 3.45. The number of hydrogen-bond acceptors (Lipinski definition) is 3. The van der Waals surface area contributed by atoms with Gasteiger partial charge in [0.05, 0.1) is 12.2 Å². The number of aryl methyl sites for hydroxylation is 2. The molecule has 5 heteroatoms. The third kappa shape index (κ3) is 2.09. The molecule has 2 aromatic heterocycles. The van der Waals surface area contributed by atoms with Crippen LogP contribution in [0, 0.1) is 6.92 Å². The first-order valence-corrected chi connectivity index (χ1v) is 6.78. The zero-order chi connectivity index (χ0) is 13.6. The van der Waals surface area contributed by atoms with E-state index in [-0.39, 0.29) is 6.04 Å². The number of furan rings is 1. The van der Waals surface area contributed by atoms with Crippen molar-refractivity contribution in [3.63, 3.8) is 0 Å². The first-order chi connectivity index (χ1) is 9.06. The van der Waals surface area contributed by atoms with Gasteiger partial charge in [0.15, 0.2) is 0 Å². The summed E-state index contributed by atoms with van der Waals surface area (Å²) in [5, 5.41) is 5.24. The Kier molecular flexibility index (Phi) is 2.95. The fraction of sp³-hybridized carbons (Fsp3) is 0.214. The lowest BCUT2D eigenvalue weighted by atomic mass is 10.0. The highest BCUT2D eigenvalue weighted by Gasteiger charge is 2.19. The molecule has 0 fully saturated rings.